The van der Waals surface area contributed by atoms with Gasteiger partial charge in [-0.1, -0.05) is 0 Å². The van der Waals surface area contributed by atoms with E-state index in [1.54, 1.807) is 11.5 Å². The van der Waals surface area contributed by atoms with Crippen molar-refractivity contribution in [3.05, 3.63) is 16.7 Å². The van der Waals surface area contributed by atoms with Gasteiger partial charge in [0.05, 0.1) is 19.0 Å². The molecule has 2 rings (SSSR count). The van der Waals surface area contributed by atoms with E-state index in [4.69, 9.17) is 10.5 Å². The minimum atomic E-state index is -0.881. The fraction of sp³-hybridized carbons (Fsp3) is 0.467. The third kappa shape index (κ3) is 5.34. The smallest absolute Gasteiger partial charge is 0.325 e. The molecule has 5 N–H and O–H groups in total. The third-order valence-corrected chi connectivity index (χ3v) is 3.50. The van der Waals surface area contributed by atoms with Gasteiger partial charge in [0.15, 0.2) is 11.2 Å². The number of nitrogens with one attached hydrogen (secondary N) is 3. The van der Waals surface area contributed by atoms with Crippen LogP contribution in [0.15, 0.2) is 11.1 Å². The van der Waals surface area contributed by atoms with Crippen LogP contribution in [0.4, 0.5) is 5.95 Å². The molecule has 27 heavy (non-hydrogen) atoms. The lowest BCUT2D eigenvalue weighted by Crippen LogP contribution is -2.43. The van der Waals surface area contributed by atoms with E-state index in [1.165, 1.54) is 13.3 Å². The van der Waals surface area contributed by atoms with E-state index in [1.807, 2.05) is 0 Å². The van der Waals surface area contributed by atoms with Gasteiger partial charge in [-0.3, -0.25) is 29.5 Å². The molecule has 0 unspecified atom stereocenters. The molecule has 0 spiro atoms. The fourth-order valence-corrected chi connectivity index (χ4v) is 2.26. The van der Waals surface area contributed by atoms with E-state index >= 15 is 0 Å². The highest BCUT2D eigenvalue weighted by Crippen LogP contribution is 2.09. The Labute approximate surface area is 153 Å². The van der Waals surface area contributed by atoms with Crippen LogP contribution in [-0.2, 0) is 25.7 Å². The fourth-order valence-electron chi connectivity index (χ4n) is 2.26. The molecule has 0 saturated heterocycles. The summed E-state index contributed by atoms with van der Waals surface area (Å²) in [6, 6.07) is -0.881. The number of aromatic nitrogens is 4. The van der Waals surface area contributed by atoms with Crippen molar-refractivity contribution >= 4 is 34.9 Å². The van der Waals surface area contributed by atoms with Gasteiger partial charge in [0.1, 0.15) is 6.54 Å². The zero-order valence-electron chi connectivity index (χ0n) is 14.9. The first-order valence-corrected chi connectivity index (χ1v) is 8.23. The van der Waals surface area contributed by atoms with Gasteiger partial charge in [0, 0.05) is 13.5 Å². The molecular formula is C15H21N7O5. The maximum atomic E-state index is 12.0. The number of imidazole rings is 1. The second kappa shape index (κ2) is 8.89. The molecule has 0 radical (unpaired) electrons. The summed E-state index contributed by atoms with van der Waals surface area (Å²) in [5, 5.41) is 4.79. The standard InChI is InChI=1S/C15H21N7O5/c1-3-27-10(24)6-17-13(25)9(16)4-5-22-7-18-11-12(22)20-15(19-8(2)23)21-14(11)26/h7,9H,3-6,16H2,1-2H3,(H,17,25)(H2,19,20,21,23,26)/t9-/m0/s1. The number of ether oxygens (including phenoxy) is 1. The molecule has 0 bridgehead atoms. The summed E-state index contributed by atoms with van der Waals surface area (Å²) in [4.78, 5) is 56.8. The topological polar surface area (TPSA) is 174 Å². The number of aryl methyl sites for hydroxylation is 1. The molecule has 0 aromatic carbocycles. The van der Waals surface area contributed by atoms with Gasteiger partial charge < -0.3 is 20.4 Å². The maximum absolute atomic E-state index is 12.0. The van der Waals surface area contributed by atoms with Crippen LogP contribution >= 0.6 is 0 Å². The molecule has 1 atom stereocenters. The summed E-state index contributed by atoms with van der Waals surface area (Å²) >= 11 is 0. The SMILES string of the molecule is CCOC(=O)CNC(=O)[C@@H](N)CCn1cnc2c(=O)[nH]c(NC(C)=O)nc21. The van der Waals surface area contributed by atoms with Crippen molar-refractivity contribution in [2.75, 3.05) is 18.5 Å². The highest BCUT2D eigenvalue weighted by Gasteiger charge is 2.16. The number of esters is 1. The molecule has 2 heterocycles. The van der Waals surface area contributed by atoms with Crippen LogP contribution in [0.2, 0.25) is 0 Å². The van der Waals surface area contributed by atoms with E-state index in [2.05, 4.69) is 25.6 Å². The van der Waals surface area contributed by atoms with Crippen molar-refractivity contribution < 1.29 is 19.1 Å². The Hall–Kier alpha value is -3.28. The Balaban J connectivity index is 2.02. The molecule has 146 valence electrons. The Morgan fingerprint density at radius 1 is 1.41 bits per heavy atom. The molecule has 0 aliphatic rings. The lowest BCUT2D eigenvalue weighted by molar-refractivity contribution is -0.143. The number of H-pyrrole nitrogens is 1. The largest absolute Gasteiger partial charge is 0.465 e. The second-order valence-electron chi connectivity index (χ2n) is 5.62. The minimum absolute atomic E-state index is 0.00164. The number of carbonyl (C=O) groups is 3. The highest BCUT2D eigenvalue weighted by molar-refractivity contribution is 5.87. The number of hydrogen-bond acceptors (Lipinski definition) is 8. The van der Waals surface area contributed by atoms with Crippen molar-refractivity contribution in [2.24, 2.45) is 5.73 Å². The number of anilines is 1. The monoisotopic (exact) mass is 379 g/mol. The predicted molar refractivity (Wildman–Crippen MR) is 94.7 cm³/mol. The van der Waals surface area contributed by atoms with Crippen LogP contribution < -0.4 is 21.9 Å². The van der Waals surface area contributed by atoms with Crippen molar-refractivity contribution in [3.63, 3.8) is 0 Å². The Morgan fingerprint density at radius 3 is 2.81 bits per heavy atom. The number of nitrogens with two attached hydrogens (primary N) is 1. The Kier molecular flexibility index (Phi) is 6.60. The van der Waals surface area contributed by atoms with Crippen LogP contribution in [0.25, 0.3) is 11.2 Å². The van der Waals surface area contributed by atoms with E-state index in [-0.39, 0.29) is 49.1 Å². The zero-order valence-corrected chi connectivity index (χ0v) is 14.9. The maximum Gasteiger partial charge on any atom is 0.325 e. The Morgan fingerprint density at radius 2 is 2.15 bits per heavy atom. The van der Waals surface area contributed by atoms with Crippen molar-refractivity contribution in [2.45, 2.75) is 32.9 Å². The summed E-state index contributed by atoms with van der Waals surface area (Å²) in [5.74, 6) is -1.44. The molecule has 0 saturated carbocycles. The molecule has 12 nitrogen and oxygen atoms in total. The third-order valence-electron chi connectivity index (χ3n) is 3.50. The second-order valence-corrected chi connectivity index (χ2v) is 5.62. The van der Waals surface area contributed by atoms with E-state index in [9.17, 15) is 19.2 Å². The highest BCUT2D eigenvalue weighted by atomic mass is 16.5. The minimum Gasteiger partial charge on any atom is -0.465 e. The summed E-state index contributed by atoms with van der Waals surface area (Å²) in [7, 11) is 0. The number of amides is 2. The van der Waals surface area contributed by atoms with Gasteiger partial charge in [0.2, 0.25) is 17.8 Å². The number of rotatable bonds is 8. The summed E-state index contributed by atoms with van der Waals surface area (Å²) < 4.78 is 6.26. The van der Waals surface area contributed by atoms with Crippen LogP contribution in [-0.4, -0.2) is 56.5 Å². The molecule has 2 aromatic rings. The average Bonchev–Trinajstić information content (AvgIpc) is 3.00. The Bertz CT molecular complexity index is 904. The summed E-state index contributed by atoms with van der Waals surface area (Å²) in [6.45, 7) is 3.17. The number of fused-ring (bicyclic) bond motifs is 1. The molecule has 2 aromatic heterocycles. The zero-order chi connectivity index (χ0) is 20.0. The first-order valence-electron chi connectivity index (χ1n) is 8.23. The quantitative estimate of drug-likeness (QED) is 0.400. The van der Waals surface area contributed by atoms with Crippen LogP contribution in [0.1, 0.15) is 20.3 Å². The van der Waals surface area contributed by atoms with Gasteiger partial charge in [-0.2, -0.15) is 4.98 Å². The molecule has 0 fully saturated rings. The van der Waals surface area contributed by atoms with Crippen molar-refractivity contribution in [1.29, 1.82) is 0 Å². The number of hydrogen-bond donors (Lipinski definition) is 4. The lowest BCUT2D eigenvalue weighted by Gasteiger charge is -2.12. The molecule has 0 aliphatic carbocycles. The first-order chi connectivity index (χ1) is 12.8. The number of carbonyl (C=O) groups excluding carboxylic acids is 3. The van der Waals surface area contributed by atoms with Crippen LogP contribution in [0.5, 0.6) is 0 Å². The molecule has 2 amide bonds. The van der Waals surface area contributed by atoms with Gasteiger partial charge >= 0.3 is 5.97 Å². The van der Waals surface area contributed by atoms with Crippen molar-refractivity contribution in [3.8, 4) is 0 Å². The van der Waals surface area contributed by atoms with Gasteiger partial charge in [0.25, 0.3) is 5.56 Å². The van der Waals surface area contributed by atoms with Gasteiger partial charge in [-0.05, 0) is 13.3 Å². The summed E-state index contributed by atoms with van der Waals surface area (Å²) in [5.41, 5.74) is 5.67. The normalized spacial score (nSPS) is 11.8. The predicted octanol–water partition coefficient (Wildman–Crippen LogP) is -1.53. The van der Waals surface area contributed by atoms with Gasteiger partial charge in [-0.15, -0.1) is 0 Å². The first kappa shape index (κ1) is 20.0. The molecule has 0 aliphatic heterocycles. The number of aromatic amines is 1. The van der Waals surface area contributed by atoms with E-state index in [0.717, 1.165) is 0 Å². The summed E-state index contributed by atoms with van der Waals surface area (Å²) in [6.07, 6.45) is 1.61. The van der Waals surface area contributed by atoms with Crippen LogP contribution in [0.3, 0.4) is 0 Å². The lowest BCUT2D eigenvalue weighted by atomic mass is 10.2. The van der Waals surface area contributed by atoms with E-state index < -0.39 is 23.5 Å². The van der Waals surface area contributed by atoms with Crippen molar-refractivity contribution in [1.82, 2.24) is 24.8 Å². The molecular weight excluding hydrogens is 358 g/mol. The van der Waals surface area contributed by atoms with Crippen LogP contribution in [0, 0.1) is 0 Å². The number of nitrogens with zero attached hydrogens (tertiary/aromatic N) is 3. The molecule has 12 heteroatoms. The van der Waals surface area contributed by atoms with E-state index in [0.29, 0.717) is 0 Å². The average molecular weight is 379 g/mol. The van der Waals surface area contributed by atoms with Gasteiger partial charge in [-0.25, -0.2) is 4.98 Å².